The van der Waals surface area contributed by atoms with Crippen molar-refractivity contribution in [1.29, 1.82) is 0 Å². The summed E-state index contributed by atoms with van der Waals surface area (Å²) in [6.45, 7) is 2.16. The van der Waals surface area contributed by atoms with Crippen LogP contribution in [0.3, 0.4) is 0 Å². The van der Waals surface area contributed by atoms with E-state index in [9.17, 15) is 0 Å². The number of pyridine rings is 1. The smallest absolute Gasteiger partial charge is 0.152 e. The third-order valence-electron chi connectivity index (χ3n) is 3.87. The highest BCUT2D eigenvalue weighted by molar-refractivity contribution is 5.56. The van der Waals surface area contributed by atoms with E-state index in [1.165, 1.54) is 0 Å². The molecule has 2 aromatic heterocycles. The number of hydrogen-bond donors (Lipinski definition) is 1. The van der Waals surface area contributed by atoms with E-state index in [0.717, 1.165) is 43.2 Å². The van der Waals surface area contributed by atoms with Gasteiger partial charge in [0, 0.05) is 39.0 Å². The molecule has 0 saturated carbocycles. The molecule has 1 saturated heterocycles. The standard InChI is InChI=1S/C14H20N4O/c1-17(11-5-8-19-9-6-11)14-12(10-15)18-7-3-2-4-13(18)16-14/h2-4,7,11H,5-6,8-10,15H2,1H3. The average Bonchev–Trinajstić information content (AvgIpc) is 2.85. The highest BCUT2D eigenvalue weighted by Crippen LogP contribution is 2.25. The van der Waals surface area contributed by atoms with Crippen LogP contribution in [0.2, 0.25) is 0 Å². The number of fused-ring (bicyclic) bond motifs is 1. The van der Waals surface area contributed by atoms with Gasteiger partial charge in [-0.05, 0) is 25.0 Å². The van der Waals surface area contributed by atoms with Crippen LogP contribution in [0.15, 0.2) is 24.4 Å². The van der Waals surface area contributed by atoms with Gasteiger partial charge in [-0.25, -0.2) is 4.98 Å². The van der Waals surface area contributed by atoms with Crippen molar-refractivity contribution in [2.75, 3.05) is 25.2 Å². The van der Waals surface area contributed by atoms with Crippen LogP contribution in [0.5, 0.6) is 0 Å². The van der Waals surface area contributed by atoms with Gasteiger partial charge >= 0.3 is 0 Å². The minimum Gasteiger partial charge on any atom is -0.381 e. The Kier molecular flexibility index (Phi) is 3.40. The summed E-state index contributed by atoms with van der Waals surface area (Å²) < 4.78 is 7.50. The predicted molar refractivity (Wildman–Crippen MR) is 75.3 cm³/mol. The first-order valence-electron chi connectivity index (χ1n) is 6.78. The van der Waals surface area contributed by atoms with Crippen molar-refractivity contribution >= 4 is 11.5 Å². The van der Waals surface area contributed by atoms with Crippen molar-refractivity contribution in [3.05, 3.63) is 30.1 Å². The molecule has 2 N–H and O–H groups in total. The Morgan fingerprint density at radius 3 is 2.95 bits per heavy atom. The third kappa shape index (κ3) is 2.19. The lowest BCUT2D eigenvalue weighted by Crippen LogP contribution is -2.37. The fourth-order valence-electron chi connectivity index (χ4n) is 2.75. The van der Waals surface area contributed by atoms with Crippen molar-refractivity contribution in [3.63, 3.8) is 0 Å². The molecule has 0 spiro atoms. The zero-order valence-electron chi connectivity index (χ0n) is 11.2. The maximum atomic E-state index is 5.92. The number of imidazole rings is 1. The highest BCUT2D eigenvalue weighted by atomic mass is 16.5. The molecular weight excluding hydrogens is 240 g/mol. The Balaban J connectivity index is 1.98. The summed E-state index contributed by atoms with van der Waals surface area (Å²) in [5, 5.41) is 0. The molecular formula is C14H20N4O. The van der Waals surface area contributed by atoms with E-state index in [1.807, 2.05) is 24.4 Å². The number of nitrogens with zero attached hydrogens (tertiary/aromatic N) is 3. The second-order valence-corrected chi connectivity index (χ2v) is 4.97. The molecule has 0 unspecified atom stereocenters. The zero-order chi connectivity index (χ0) is 13.2. The largest absolute Gasteiger partial charge is 0.381 e. The summed E-state index contributed by atoms with van der Waals surface area (Å²) in [4.78, 5) is 6.99. The molecule has 0 bridgehead atoms. The Bertz CT molecular complexity index is 560. The van der Waals surface area contributed by atoms with Crippen molar-refractivity contribution in [1.82, 2.24) is 9.38 Å². The summed E-state index contributed by atoms with van der Waals surface area (Å²) in [7, 11) is 2.11. The molecule has 0 aliphatic carbocycles. The normalized spacial score (nSPS) is 16.9. The number of ether oxygens (including phenoxy) is 1. The van der Waals surface area contributed by atoms with Crippen LogP contribution in [-0.2, 0) is 11.3 Å². The molecule has 19 heavy (non-hydrogen) atoms. The van der Waals surface area contributed by atoms with Crippen molar-refractivity contribution in [3.8, 4) is 0 Å². The summed E-state index contributed by atoms with van der Waals surface area (Å²) in [6, 6.07) is 6.51. The number of hydrogen-bond acceptors (Lipinski definition) is 4. The topological polar surface area (TPSA) is 55.8 Å². The zero-order valence-corrected chi connectivity index (χ0v) is 11.2. The molecule has 1 fully saturated rings. The molecule has 102 valence electrons. The van der Waals surface area contributed by atoms with E-state index in [-0.39, 0.29) is 0 Å². The summed E-state index contributed by atoms with van der Waals surface area (Å²) in [5.74, 6) is 1.00. The van der Waals surface area contributed by atoms with E-state index in [1.54, 1.807) is 0 Å². The molecule has 3 rings (SSSR count). The van der Waals surface area contributed by atoms with E-state index in [2.05, 4.69) is 16.3 Å². The summed E-state index contributed by atoms with van der Waals surface area (Å²) in [5.41, 5.74) is 7.95. The van der Waals surface area contributed by atoms with Gasteiger partial charge in [0.25, 0.3) is 0 Å². The lowest BCUT2D eigenvalue weighted by atomic mass is 10.1. The first-order chi connectivity index (χ1) is 9.31. The highest BCUT2D eigenvalue weighted by Gasteiger charge is 2.23. The van der Waals surface area contributed by atoms with Gasteiger partial charge in [0.05, 0.1) is 5.69 Å². The minimum atomic E-state index is 0.490. The van der Waals surface area contributed by atoms with Crippen LogP contribution in [0.25, 0.3) is 5.65 Å². The molecule has 0 aromatic carbocycles. The molecule has 3 heterocycles. The van der Waals surface area contributed by atoms with Crippen LogP contribution < -0.4 is 10.6 Å². The number of aromatic nitrogens is 2. The summed E-state index contributed by atoms with van der Waals surface area (Å²) in [6.07, 6.45) is 4.12. The van der Waals surface area contributed by atoms with Crippen LogP contribution >= 0.6 is 0 Å². The van der Waals surface area contributed by atoms with E-state index in [0.29, 0.717) is 12.6 Å². The van der Waals surface area contributed by atoms with Crippen molar-refractivity contribution in [2.24, 2.45) is 5.73 Å². The van der Waals surface area contributed by atoms with Gasteiger partial charge in [-0.15, -0.1) is 0 Å². The lowest BCUT2D eigenvalue weighted by molar-refractivity contribution is 0.0853. The number of rotatable bonds is 3. The third-order valence-corrected chi connectivity index (χ3v) is 3.87. The predicted octanol–water partition coefficient (Wildman–Crippen LogP) is 1.41. The van der Waals surface area contributed by atoms with Crippen LogP contribution in [-0.4, -0.2) is 35.7 Å². The SMILES string of the molecule is CN(c1nc2ccccn2c1CN)C1CCOCC1. The van der Waals surface area contributed by atoms with Gasteiger partial charge in [0.2, 0.25) is 0 Å². The Morgan fingerprint density at radius 1 is 1.42 bits per heavy atom. The van der Waals surface area contributed by atoms with Crippen LogP contribution in [0.1, 0.15) is 18.5 Å². The molecule has 1 aliphatic rings. The fraction of sp³-hybridized carbons (Fsp3) is 0.500. The van der Waals surface area contributed by atoms with E-state index in [4.69, 9.17) is 15.5 Å². The fourth-order valence-corrected chi connectivity index (χ4v) is 2.75. The molecule has 5 heteroatoms. The lowest BCUT2D eigenvalue weighted by Gasteiger charge is -2.31. The van der Waals surface area contributed by atoms with Gasteiger partial charge < -0.3 is 19.8 Å². The molecule has 0 amide bonds. The first-order valence-corrected chi connectivity index (χ1v) is 6.78. The quantitative estimate of drug-likeness (QED) is 0.906. The molecule has 2 aromatic rings. The molecule has 5 nitrogen and oxygen atoms in total. The van der Waals surface area contributed by atoms with Gasteiger partial charge in [-0.2, -0.15) is 0 Å². The van der Waals surface area contributed by atoms with E-state index < -0.39 is 0 Å². The van der Waals surface area contributed by atoms with Gasteiger partial charge in [-0.3, -0.25) is 0 Å². The van der Waals surface area contributed by atoms with Crippen LogP contribution in [0.4, 0.5) is 5.82 Å². The molecule has 0 atom stereocenters. The van der Waals surface area contributed by atoms with Gasteiger partial charge in [-0.1, -0.05) is 6.07 Å². The number of anilines is 1. The average molecular weight is 260 g/mol. The minimum absolute atomic E-state index is 0.490. The van der Waals surface area contributed by atoms with Crippen molar-refractivity contribution in [2.45, 2.75) is 25.4 Å². The second kappa shape index (κ2) is 5.19. The Hall–Kier alpha value is -1.59. The maximum Gasteiger partial charge on any atom is 0.152 e. The Labute approximate surface area is 113 Å². The second-order valence-electron chi connectivity index (χ2n) is 4.97. The number of nitrogens with two attached hydrogens (primary N) is 1. The monoisotopic (exact) mass is 260 g/mol. The first kappa shape index (κ1) is 12.4. The van der Waals surface area contributed by atoms with E-state index >= 15 is 0 Å². The van der Waals surface area contributed by atoms with Gasteiger partial charge in [0.1, 0.15) is 5.65 Å². The maximum absolute atomic E-state index is 5.92. The Morgan fingerprint density at radius 2 is 2.21 bits per heavy atom. The van der Waals surface area contributed by atoms with Crippen molar-refractivity contribution < 1.29 is 4.74 Å². The van der Waals surface area contributed by atoms with Crippen LogP contribution in [0, 0.1) is 0 Å². The molecule has 0 radical (unpaired) electrons. The summed E-state index contributed by atoms with van der Waals surface area (Å²) >= 11 is 0. The van der Waals surface area contributed by atoms with Gasteiger partial charge in [0.15, 0.2) is 5.82 Å². The molecule has 1 aliphatic heterocycles.